The maximum atomic E-state index is 11.8. The normalized spacial score (nSPS) is 25.5. The Bertz CT molecular complexity index is 366. The highest BCUT2D eigenvalue weighted by Crippen LogP contribution is 2.27. The average Bonchev–Trinajstić information content (AvgIpc) is 2.77. The lowest BCUT2D eigenvalue weighted by Gasteiger charge is -2.15. The highest BCUT2D eigenvalue weighted by atomic mass is 79.9. The molecular weight excluding hydrogens is 294 g/mol. The van der Waals surface area contributed by atoms with Crippen molar-refractivity contribution in [1.29, 1.82) is 0 Å². The molecule has 1 fully saturated rings. The third-order valence-corrected chi connectivity index (χ3v) is 5.35. The Hall–Kier alpha value is -0.000000000000000111. The molecule has 0 radical (unpaired) electrons. The first-order chi connectivity index (χ1) is 7.16. The van der Waals surface area contributed by atoms with Gasteiger partial charge in [0.15, 0.2) is 0 Å². The van der Waals surface area contributed by atoms with Crippen LogP contribution < -0.4 is 5.32 Å². The molecule has 2 rings (SSSR count). The number of thiophene rings is 1. The molecule has 5 heteroatoms. The molecule has 1 aliphatic rings. The van der Waals surface area contributed by atoms with Gasteiger partial charge in [0.2, 0.25) is 0 Å². The van der Waals surface area contributed by atoms with Gasteiger partial charge in [-0.05, 0) is 34.2 Å². The second-order valence-electron chi connectivity index (χ2n) is 3.58. The lowest BCUT2D eigenvalue weighted by molar-refractivity contribution is 0.0938. The second-order valence-corrected chi connectivity index (χ2v) is 7.36. The van der Waals surface area contributed by atoms with Crippen LogP contribution in [0, 0.1) is 0 Å². The van der Waals surface area contributed by atoms with Crippen molar-refractivity contribution in [2.45, 2.75) is 24.6 Å². The van der Waals surface area contributed by atoms with E-state index in [2.05, 4.69) is 28.2 Å². The molecule has 2 heterocycles. The zero-order chi connectivity index (χ0) is 10.8. The zero-order valence-electron chi connectivity index (χ0n) is 8.33. The van der Waals surface area contributed by atoms with Crippen molar-refractivity contribution in [1.82, 2.24) is 5.32 Å². The van der Waals surface area contributed by atoms with Crippen molar-refractivity contribution in [2.75, 3.05) is 5.75 Å². The van der Waals surface area contributed by atoms with E-state index in [1.54, 1.807) is 11.3 Å². The van der Waals surface area contributed by atoms with E-state index >= 15 is 0 Å². The van der Waals surface area contributed by atoms with Crippen LogP contribution in [0.3, 0.4) is 0 Å². The summed E-state index contributed by atoms with van der Waals surface area (Å²) in [5.74, 6) is 1.20. The first kappa shape index (κ1) is 11.5. The van der Waals surface area contributed by atoms with Crippen LogP contribution >= 0.6 is 39.0 Å². The Kier molecular flexibility index (Phi) is 3.74. The van der Waals surface area contributed by atoms with Crippen molar-refractivity contribution >= 4 is 44.9 Å². The van der Waals surface area contributed by atoms with Gasteiger partial charge in [0.25, 0.3) is 5.91 Å². The standard InChI is InChI=1S/C10H12BrNOS2/c1-6-8(2-3-14-6)12-10(13)7-4-9(11)15-5-7/h4-6,8H,2-3H2,1H3,(H,12,13). The number of nitrogens with one attached hydrogen (secondary N) is 1. The van der Waals surface area contributed by atoms with Gasteiger partial charge in [0.1, 0.15) is 0 Å². The summed E-state index contributed by atoms with van der Waals surface area (Å²) in [6, 6.07) is 2.20. The van der Waals surface area contributed by atoms with Crippen molar-refractivity contribution < 1.29 is 4.79 Å². The Balaban J connectivity index is 1.97. The molecule has 0 spiro atoms. The summed E-state index contributed by atoms with van der Waals surface area (Å²) in [6.45, 7) is 2.17. The number of halogens is 1. The van der Waals surface area contributed by atoms with Crippen LogP contribution in [0.2, 0.25) is 0 Å². The van der Waals surface area contributed by atoms with E-state index in [-0.39, 0.29) is 5.91 Å². The second kappa shape index (κ2) is 4.89. The van der Waals surface area contributed by atoms with E-state index in [9.17, 15) is 4.79 Å². The van der Waals surface area contributed by atoms with Gasteiger partial charge in [0, 0.05) is 16.7 Å². The predicted molar refractivity (Wildman–Crippen MR) is 69.8 cm³/mol. The molecule has 0 aliphatic carbocycles. The third-order valence-electron chi connectivity index (χ3n) is 2.52. The average molecular weight is 306 g/mol. The first-order valence-corrected chi connectivity index (χ1v) is 7.55. The number of thioether (sulfide) groups is 1. The molecule has 1 N–H and O–H groups in total. The van der Waals surface area contributed by atoms with Gasteiger partial charge in [-0.3, -0.25) is 4.79 Å². The maximum Gasteiger partial charge on any atom is 0.252 e. The lowest BCUT2D eigenvalue weighted by atomic mass is 10.1. The predicted octanol–water partition coefficient (Wildman–Crippen LogP) is 3.13. The number of carbonyl (C=O) groups excluding carboxylic acids is 1. The summed E-state index contributed by atoms with van der Waals surface area (Å²) in [5, 5.41) is 5.50. The number of amides is 1. The van der Waals surface area contributed by atoms with Gasteiger partial charge in [-0.15, -0.1) is 11.3 Å². The molecule has 1 aromatic heterocycles. The largest absolute Gasteiger partial charge is 0.348 e. The number of hydrogen-bond acceptors (Lipinski definition) is 3. The van der Waals surface area contributed by atoms with Crippen LogP contribution in [0.25, 0.3) is 0 Å². The fourth-order valence-electron chi connectivity index (χ4n) is 1.60. The fourth-order valence-corrected chi connectivity index (χ4v) is 3.94. The Labute approximate surface area is 106 Å². The highest BCUT2D eigenvalue weighted by Gasteiger charge is 2.25. The quantitative estimate of drug-likeness (QED) is 0.909. The van der Waals surface area contributed by atoms with E-state index < -0.39 is 0 Å². The summed E-state index contributed by atoms with van der Waals surface area (Å²) < 4.78 is 1.00. The minimum absolute atomic E-state index is 0.0521. The van der Waals surface area contributed by atoms with Crippen LogP contribution in [0.4, 0.5) is 0 Å². The van der Waals surface area contributed by atoms with Crippen LogP contribution in [0.15, 0.2) is 15.2 Å². The Morgan fingerprint density at radius 2 is 2.47 bits per heavy atom. The molecule has 82 valence electrons. The maximum absolute atomic E-state index is 11.8. The molecule has 0 saturated carbocycles. The summed E-state index contributed by atoms with van der Waals surface area (Å²) >= 11 is 6.83. The molecule has 0 aromatic carbocycles. The zero-order valence-corrected chi connectivity index (χ0v) is 11.5. The molecule has 2 unspecified atom stereocenters. The Morgan fingerprint density at radius 3 is 3.00 bits per heavy atom. The van der Waals surface area contributed by atoms with E-state index in [4.69, 9.17) is 0 Å². The van der Waals surface area contributed by atoms with E-state index in [1.165, 1.54) is 0 Å². The molecular formula is C10H12BrNOS2. The van der Waals surface area contributed by atoms with Crippen LogP contribution in [0.1, 0.15) is 23.7 Å². The van der Waals surface area contributed by atoms with Crippen molar-refractivity contribution in [3.8, 4) is 0 Å². The SMILES string of the molecule is CC1SCCC1NC(=O)c1csc(Br)c1. The molecule has 2 nitrogen and oxygen atoms in total. The van der Waals surface area contributed by atoms with Gasteiger partial charge in [-0.1, -0.05) is 6.92 Å². The summed E-state index contributed by atoms with van der Waals surface area (Å²) in [5.41, 5.74) is 0.760. The van der Waals surface area contributed by atoms with Gasteiger partial charge >= 0.3 is 0 Å². The van der Waals surface area contributed by atoms with Crippen LogP contribution in [-0.4, -0.2) is 23.0 Å². The smallest absolute Gasteiger partial charge is 0.252 e. The van der Waals surface area contributed by atoms with Gasteiger partial charge in [-0.2, -0.15) is 11.8 Å². The lowest BCUT2D eigenvalue weighted by Crippen LogP contribution is -2.37. The fraction of sp³-hybridized carbons (Fsp3) is 0.500. The molecule has 1 amide bonds. The molecule has 15 heavy (non-hydrogen) atoms. The first-order valence-electron chi connectivity index (χ1n) is 4.83. The number of hydrogen-bond donors (Lipinski definition) is 1. The minimum Gasteiger partial charge on any atom is -0.348 e. The van der Waals surface area contributed by atoms with E-state index in [0.717, 1.165) is 21.5 Å². The van der Waals surface area contributed by atoms with E-state index in [1.807, 2.05) is 23.2 Å². The van der Waals surface area contributed by atoms with Gasteiger partial charge in [0.05, 0.1) is 9.35 Å². The third kappa shape index (κ3) is 2.77. The molecule has 0 bridgehead atoms. The Morgan fingerprint density at radius 1 is 1.67 bits per heavy atom. The molecule has 1 aliphatic heterocycles. The van der Waals surface area contributed by atoms with Crippen molar-refractivity contribution in [3.05, 3.63) is 20.8 Å². The summed E-state index contributed by atoms with van der Waals surface area (Å²) in [6.07, 6.45) is 1.09. The number of rotatable bonds is 2. The van der Waals surface area contributed by atoms with Crippen molar-refractivity contribution in [2.24, 2.45) is 0 Å². The topological polar surface area (TPSA) is 29.1 Å². The highest BCUT2D eigenvalue weighted by molar-refractivity contribution is 9.11. The van der Waals surface area contributed by atoms with Crippen molar-refractivity contribution in [3.63, 3.8) is 0 Å². The molecule has 1 aromatic rings. The van der Waals surface area contributed by atoms with Crippen LogP contribution in [0.5, 0.6) is 0 Å². The number of carbonyl (C=O) groups is 1. The summed E-state index contributed by atoms with van der Waals surface area (Å²) in [4.78, 5) is 11.8. The monoisotopic (exact) mass is 305 g/mol. The van der Waals surface area contributed by atoms with Gasteiger partial charge in [-0.25, -0.2) is 0 Å². The van der Waals surface area contributed by atoms with Gasteiger partial charge < -0.3 is 5.32 Å². The van der Waals surface area contributed by atoms with E-state index in [0.29, 0.717) is 11.3 Å². The molecule has 1 saturated heterocycles. The molecule has 2 atom stereocenters. The van der Waals surface area contributed by atoms with Crippen LogP contribution in [-0.2, 0) is 0 Å². The minimum atomic E-state index is 0.0521. The summed E-state index contributed by atoms with van der Waals surface area (Å²) in [7, 11) is 0.